The Morgan fingerprint density at radius 2 is 2.44 bits per heavy atom. The second kappa shape index (κ2) is 4.45. The average molecular weight is 237 g/mol. The van der Waals surface area contributed by atoms with Crippen LogP contribution in [0.4, 0.5) is 0 Å². The average Bonchev–Trinajstić information content (AvgIpc) is 2.83. The molecule has 1 saturated carbocycles. The summed E-state index contributed by atoms with van der Waals surface area (Å²) in [6.45, 7) is 2.71. The molecule has 1 aliphatic carbocycles. The van der Waals surface area contributed by atoms with E-state index in [2.05, 4.69) is 20.6 Å². The van der Waals surface area contributed by atoms with E-state index in [0.29, 0.717) is 0 Å². The fourth-order valence-electron chi connectivity index (χ4n) is 1.83. The van der Waals surface area contributed by atoms with Crippen LogP contribution in [0.15, 0.2) is 17.4 Å². The molecular formula is C10H15N5S. The molecule has 16 heavy (non-hydrogen) atoms. The number of nitrogens with one attached hydrogen (secondary N) is 1. The van der Waals surface area contributed by atoms with E-state index in [4.69, 9.17) is 0 Å². The summed E-state index contributed by atoms with van der Waals surface area (Å²) in [6.07, 6.45) is 6.38. The summed E-state index contributed by atoms with van der Waals surface area (Å²) in [7, 11) is 0. The van der Waals surface area contributed by atoms with Gasteiger partial charge in [0.15, 0.2) is 5.17 Å². The highest BCUT2D eigenvalue weighted by molar-refractivity contribution is 8.14. The van der Waals surface area contributed by atoms with Gasteiger partial charge in [-0.25, -0.2) is 0 Å². The maximum absolute atomic E-state index is 4.52. The Hall–Kier alpha value is -1.04. The van der Waals surface area contributed by atoms with Crippen LogP contribution in [0.25, 0.3) is 0 Å². The first-order valence-electron chi connectivity index (χ1n) is 5.71. The molecular weight excluding hydrogens is 222 g/mol. The molecule has 0 amide bonds. The molecule has 1 aliphatic heterocycles. The van der Waals surface area contributed by atoms with Gasteiger partial charge in [-0.3, -0.25) is 9.67 Å². The second-order valence-electron chi connectivity index (χ2n) is 4.23. The predicted octanol–water partition coefficient (Wildman–Crippen LogP) is 0.749. The van der Waals surface area contributed by atoms with Gasteiger partial charge in [0.25, 0.3) is 0 Å². The number of thioether (sulfide) groups is 1. The van der Waals surface area contributed by atoms with Gasteiger partial charge in [0.1, 0.15) is 0 Å². The van der Waals surface area contributed by atoms with Crippen LogP contribution in [0, 0.1) is 5.92 Å². The summed E-state index contributed by atoms with van der Waals surface area (Å²) >= 11 is 1.91. The molecule has 5 nitrogen and oxygen atoms in total. The summed E-state index contributed by atoms with van der Waals surface area (Å²) in [5, 5.41) is 12.9. The minimum Gasteiger partial charge on any atom is -0.363 e. The summed E-state index contributed by atoms with van der Waals surface area (Å²) in [4.78, 5) is 4.52. The topological polar surface area (TPSA) is 55.1 Å². The molecule has 0 bridgehead atoms. The number of amidine groups is 1. The van der Waals surface area contributed by atoms with Crippen molar-refractivity contribution in [2.45, 2.75) is 24.6 Å². The van der Waals surface area contributed by atoms with Crippen LogP contribution >= 0.6 is 11.8 Å². The van der Waals surface area contributed by atoms with Gasteiger partial charge in [-0.05, 0) is 18.8 Å². The Morgan fingerprint density at radius 3 is 3.19 bits per heavy atom. The largest absolute Gasteiger partial charge is 0.363 e. The highest BCUT2D eigenvalue weighted by atomic mass is 32.2. The van der Waals surface area contributed by atoms with Crippen LogP contribution in [0.1, 0.15) is 12.8 Å². The normalized spacial score (nSPS) is 24.5. The maximum Gasteiger partial charge on any atom is 0.156 e. The molecule has 0 saturated heterocycles. The van der Waals surface area contributed by atoms with E-state index >= 15 is 0 Å². The third-order valence-corrected chi connectivity index (χ3v) is 4.25. The molecule has 1 N–H and O–H groups in total. The molecule has 86 valence electrons. The Bertz CT molecular complexity index is 371. The van der Waals surface area contributed by atoms with Gasteiger partial charge in [0, 0.05) is 18.0 Å². The maximum atomic E-state index is 4.52. The summed E-state index contributed by atoms with van der Waals surface area (Å²) in [6, 6.07) is 0. The van der Waals surface area contributed by atoms with Crippen LogP contribution in [0.2, 0.25) is 0 Å². The molecule has 3 rings (SSSR count). The zero-order valence-corrected chi connectivity index (χ0v) is 9.86. The lowest BCUT2D eigenvalue weighted by molar-refractivity contribution is 0.581. The van der Waals surface area contributed by atoms with E-state index in [0.717, 1.165) is 36.0 Å². The number of nitrogens with zero attached hydrogens (tertiary/aromatic N) is 4. The third kappa shape index (κ3) is 2.37. The van der Waals surface area contributed by atoms with E-state index in [1.54, 1.807) is 6.20 Å². The Kier molecular flexibility index (Phi) is 2.82. The summed E-state index contributed by atoms with van der Waals surface area (Å²) in [5.41, 5.74) is 0. The van der Waals surface area contributed by atoms with Gasteiger partial charge in [0.05, 0.1) is 19.3 Å². The predicted molar refractivity (Wildman–Crippen MR) is 64.4 cm³/mol. The van der Waals surface area contributed by atoms with Gasteiger partial charge in [0.2, 0.25) is 0 Å². The Balaban J connectivity index is 1.39. The van der Waals surface area contributed by atoms with Crippen molar-refractivity contribution in [1.29, 1.82) is 0 Å². The van der Waals surface area contributed by atoms with Crippen LogP contribution < -0.4 is 5.32 Å². The minimum atomic E-state index is 0.744. The van der Waals surface area contributed by atoms with Gasteiger partial charge >= 0.3 is 0 Å². The molecule has 0 radical (unpaired) electrons. The molecule has 1 aromatic rings. The fraction of sp³-hybridized carbons (Fsp3) is 0.700. The first-order valence-corrected chi connectivity index (χ1v) is 6.59. The fourth-order valence-corrected chi connectivity index (χ4v) is 3.07. The standard InChI is InChI=1S/C10H15N5S/c1-2-8(1)9-7-12-10(16-9)11-3-5-15-6-4-13-14-15/h4,6,8-9H,1-3,5,7H2,(H,11,12). The van der Waals surface area contributed by atoms with E-state index in [1.165, 1.54) is 12.8 Å². The molecule has 1 aromatic heterocycles. The lowest BCUT2D eigenvalue weighted by Gasteiger charge is -2.07. The lowest BCUT2D eigenvalue weighted by atomic mass is 10.3. The van der Waals surface area contributed by atoms with Crippen molar-refractivity contribution in [1.82, 2.24) is 20.3 Å². The first kappa shape index (κ1) is 10.1. The highest BCUT2D eigenvalue weighted by Gasteiger charge is 2.35. The number of hydrogen-bond acceptors (Lipinski definition) is 5. The van der Waals surface area contributed by atoms with Crippen molar-refractivity contribution in [3.8, 4) is 0 Å². The molecule has 2 heterocycles. The van der Waals surface area contributed by atoms with Crippen molar-refractivity contribution in [2.24, 2.45) is 10.9 Å². The summed E-state index contributed by atoms with van der Waals surface area (Å²) in [5.74, 6) is 0.934. The quantitative estimate of drug-likeness (QED) is 0.839. The molecule has 1 atom stereocenters. The third-order valence-electron chi connectivity index (χ3n) is 2.91. The Labute approximate surface area is 98.7 Å². The van der Waals surface area contributed by atoms with Crippen LogP contribution in [0.5, 0.6) is 0 Å². The summed E-state index contributed by atoms with van der Waals surface area (Å²) < 4.78 is 1.82. The minimum absolute atomic E-state index is 0.744. The molecule has 0 spiro atoms. The van der Waals surface area contributed by atoms with E-state index < -0.39 is 0 Å². The lowest BCUT2D eigenvalue weighted by Crippen LogP contribution is -2.24. The van der Waals surface area contributed by atoms with Crippen molar-refractivity contribution in [2.75, 3.05) is 13.1 Å². The smallest absolute Gasteiger partial charge is 0.156 e. The number of aliphatic imine (C=N–C) groups is 1. The molecule has 1 unspecified atom stereocenters. The zero-order chi connectivity index (χ0) is 10.8. The molecule has 0 aromatic carbocycles. The van der Waals surface area contributed by atoms with Crippen molar-refractivity contribution in [3.05, 3.63) is 12.4 Å². The van der Waals surface area contributed by atoms with Crippen molar-refractivity contribution >= 4 is 16.9 Å². The van der Waals surface area contributed by atoms with Gasteiger partial charge in [-0.1, -0.05) is 17.0 Å². The monoisotopic (exact) mass is 237 g/mol. The zero-order valence-electron chi connectivity index (χ0n) is 9.04. The molecule has 6 heteroatoms. The number of hydrogen-bond donors (Lipinski definition) is 1. The number of rotatable bonds is 4. The van der Waals surface area contributed by atoms with Gasteiger partial charge < -0.3 is 5.32 Å². The van der Waals surface area contributed by atoms with Crippen LogP contribution in [-0.4, -0.2) is 38.5 Å². The van der Waals surface area contributed by atoms with E-state index in [-0.39, 0.29) is 0 Å². The first-order chi connectivity index (χ1) is 7.92. The van der Waals surface area contributed by atoms with Gasteiger partial charge in [-0.15, -0.1) is 5.10 Å². The Morgan fingerprint density at radius 1 is 1.50 bits per heavy atom. The van der Waals surface area contributed by atoms with Crippen molar-refractivity contribution in [3.63, 3.8) is 0 Å². The van der Waals surface area contributed by atoms with E-state index in [9.17, 15) is 0 Å². The highest BCUT2D eigenvalue weighted by Crippen LogP contribution is 2.41. The van der Waals surface area contributed by atoms with Gasteiger partial charge in [-0.2, -0.15) is 0 Å². The second-order valence-corrected chi connectivity index (χ2v) is 5.46. The molecule has 1 fully saturated rings. The number of aromatic nitrogens is 3. The van der Waals surface area contributed by atoms with Crippen molar-refractivity contribution < 1.29 is 0 Å². The van der Waals surface area contributed by atoms with E-state index in [1.807, 2.05) is 22.6 Å². The van der Waals surface area contributed by atoms with Crippen LogP contribution in [-0.2, 0) is 6.54 Å². The van der Waals surface area contributed by atoms with Crippen LogP contribution in [0.3, 0.4) is 0 Å². The SMILES string of the molecule is c1cn(CCNC2=NCC(C3CC3)S2)nn1. The molecule has 2 aliphatic rings.